The normalized spacial score (nSPS) is 13.2. The molecule has 15 heteroatoms. The molecule has 0 aliphatic carbocycles. The van der Waals surface area contributed by atoms with Crippen molar-refractivity contribution in [3.05, 3.63) is 0 Å². The number of ether oxygens (including phenoxy) is 9. The summed E-state index contributed by atoms with van der Waals surface area (Å²) in [5.41, 5.74) is 0. The molecule has 0 aromatic carbocycles. The van der Waals surface area contributed by atoms with Crippen LogP contribution >= 0.6 is 0 Å². The second kappa shape index (κ2) is 33.0. The van der Waals surface area contributed by atoms with E-state index < -0.39 is 11.9 Å². The van der Waals surface area contributed by atoms with Crippen molar-refractivity contribution in [2.24, 2.45) is 0 Å². The van der Waals surface area contributed by atoms with Crippen LogP contribution < -0.4 is 16.0 Å². The molecule has 0 radical (unpaired) electrons. The lowest BCUT2D eigenvalue weighted by molar-refractivity contribution is -0.141. The number of methoxy groups -OCH3 is 1. The maximum absolute atomic E-state index is 12.8. The van der Waals surface area contributed by atoms with Crippen molar-refractivity contribution in [2.45, 2.75) is 78.4 Å². The van der Waals surface area contributed by atoms with Gasteiger partial charge in [0.15, 0.2) is 12.6 Å². The van der Waals surface area contributed by atoms with Gasteiger partial charge < -0.3 is 58.6 Å². The zero-order chi connectivity index (χ0) is 34.1. The molecule has 0 fully saturated rings. The van der Waals surface area contributed by atoms with Gasteiger partial charge in [-0.05, 0) is 40.0 Å². The average Bonchev–Trinajstić information content (AvgIpc) is 3.03. The molecule has 272 valence electrons. The molecule has 0 saturated carbocycles. The first kappa shape index (κ1) is 44.0. The molecule has 0 aromatic heterocycles. The molecular weight excluding hydrogens is 606 g/mol. The smallest absolute Gasteiger partial charge is 0.242 e. The summed E-state index contributed by atoms with van der Waals surface area (Å²) in [6.07, 6.45) is 1.28. The Hall–Kier alpha value is -1.95. The molecule has 0 aliphatic heterocycles. The topological polar surface area (TPSA) is 170 Å². The molecule has 15 nitrogen and oxygen atoms in total. The first-order valence-electron chi connectivity index (χ1n) is 16.4. The number of carbonyl (C=O) groups excluding carboxylic acids is 3. The molecule has 0 heterocycles. The first-order valence-corrected chi connectivity index (χ1v) is 16.4. The fourth-order valence-corrected chi connectivity index (χ4v) is 3.68. The van der Waals surface area contributed by atoms with Gasteiger partial charge in [0.05, 0.1) is 66.1 Å². The number of amides is 3. The summed E-state index contributed by atoms with van der Waals surface area (Å²) >= 11 is 0. The lowest BCUT2D eigenvalue weighted by atomic mass is 10.1. The fraction of sp³-hybridized carbons (Fsp3) is 0.903. The lowest BCUT2D eigenvalue weighted by Crippen LogP contribution is -2.48. The highest BCUT2D eigenvalue weighted by atomic mass is 16.7. The summed E-state index contributed by atoms with van der Waals surface area (Å²) in [5.74, 6) is -1.00. The fourth-order valence-electron chi connectivity index (χ4n) is 3.68. The van der Waals surface area contributed by atoms with Crippen molar-refractivity contribution in [3.8, 4) is 0 Å². The van der Waals surface area contributed by atoms with Crippen molar-refractivity contribution in [3.63, 3.8) is 0 Å². The highest BCUT2D eigenvalue weighted by molar-refractivity contribution is 5.88. The molecule has 0 aromatic rings. The predicted octanol–water partition coefficient (Wildman–Crippen LogP) is 1.17. The van der Waals surface area contributed by atoms with Crippen LogP contribution in [0.4, 0.5) is 0 Å². The van der Waals surface area contributed by atoms with Crippen LogP contribution in [0.15, 0.2) is 0 Å². The van der Waals surface area contributed by atoms with Crippen LogP contribution in [0.3, 0.4) is 0 Å². The SMILES string of the molecule is CCCOCCOC(C)OCCCOCCNC(=O)CCC(NC(=O)CCOCCOC)C(=O)NCCOCCOC(C)OCC. The van der Waals surface area contributed by atoms with Crippen LogP contribution in [0, 0.1) is 0 Å². The van der Waals surface area contributed by atoms with Gasteiger partial charge in [-0.3, -0.25) is 14.4 Å². The van der Waals surface area contributed by atoms with E-state index in [0.29, 0.717) is 79.0 Å². The number of nitrogens with one attached hydrogen (secondary N) is 3. The highest BCUT2D eigenvalue weighted by Gasteiger charge is 2.21. The van der Waals surface area contributed by atoms with E-state index in [-0.39, 0.29) is 63.4 Å². The molecule has 3 amide bonds. The summed E-state index contributed by atoms with van der Waals surface area (Å²) in [5, 5.41) is 8.23. The van der Waals surface area contributed by atoms with Crippen molar-refractivity contribution in [1.82, 2.24) is 16.0 Å². The maximum Gasteiger partial charge on any atom is 0.242 e. The number of hydrogen-bond donors (Lipinski definition) is 3. The van der Waals surface area contributed by atoms with E-state index in [1.807, 2.05) is 20.8 Å². The summed E-state index contributed by atoms with van der Waals surface area (Å²) in [6, 6.07) is -0.890. The minimum absolute atomic E-state index is 0.0454. The van der Waals surface area contributed by atoms with Gasteiger partial charge in [0.25, 0.3) is 0 Å². The average molecular weight is 668 g/mol. The molecule has 0 bridgehead atoms. The van der Waals surface area contributed by atoms with Crippen LogP contribution in [-0.2, 0) is 57.0 Å². The van der Waals surface area contributed by atoms with Crippen LogP contribution in [0.5, 0.6) is 0 Å². The van der Waals surface area contributed by atoms with E-state index in [1.54, 1.807) is 7.11 Å². The standard InChI is InChI=1S/C31H61N3O12/c1-6-14-39-22-24-46-27(4)44-16-8-15-40-18-12-32-29(35)10-9-28(34-30(36)11-17-41-21-20-38-5)31(37)33-13-19-42-23-25-45-26(3)43-7-2/h26-28H,6-25H2,1-5H3,(H,32,35)(H,33,37)(H,34,36). The monoisotopic (exact) mass is 667 g/mol. The van der Waals surface area contributed by atoms with Gasteiger partial charge in [-0.15, -0.1) is 0 Å². The number of carbonyl (C=O) groups is 3. The Kier molecular flexibility index (Phi) is 31.6. The van der Waals surface area contributed by atoms with Crippen molar-refractivity contribution < 1.29 is 57.0 Å². The van der Waals surface area contributed by atoms with E-state index in [4.69, 9.17) is 42.6 Å². The Morgan fingerprint density at radius 2 is 1.17 bits per heavy atom. The summed E-state index contributed by atoms with van der Waals surface area (Å²) in [6.45, 7) is 13.7. The Morgan fingerprint density at radius 1 is 0.587 bits per heavy atom. The van der Waals surface area contributed by atoms with Crippen molar-refractivity contribution >= 4 is 17.7 Å². The zero-order valence-corrected chi connectivity index (χ0v) is 28.8. The molecule has 0 rings (SSSR count). The van der Waals surface area contributed by atoms with Gasteiger partial charge in [0.2, 0.25) is 17.7 Å². The molecule has 3 atom stereocenters. The quantitative estimate of drug-likeness (QED) is 0.0662. The Balaban J connectivity index is 4.29. The van der Waals surface area contributed by atoms with Gasteiger partial charge in [0, 0.05) is 52.9 Å². The molecule has 46 heavy (non-hydrogen) atoms. The van der Waals surface area contributed by atoms with Crippen LogP contribution in [-0.4, -0.2) is 142 Å². The molecule has 0 aliphatic rings. The second-order valence-electron chi connectivity index (χ2n) is 10.0. The highest BCUT2D eigenvalue weighted by Crippen LogP contribution is 2.01. The number of hydrogen-bond acceptors (Lipinski definition) is 12. The van der Waals surface area contributed by atoms with Crippen LogP contribution in [0.2, 0.25) is 0 Å². The van der Waals surface area contributed by atoms with E-state index in [9.17, 15) is 14.4 Å². The van der Waals surface area contributed by atoms with E-state index >= 15 is 0 Å². The Morgan fingerprint density at radius 3 is 1.85 bits per heavy atom. The van der Waals surface area contributed by atoms with E-state index in [0.717, 1.165) is 13.0 Å². The zero-order valence-electron chi connectivity index (χ0n) is 28.8. The molecule has 3 unspecified atom stereocenters. The van der Waals surface area contributed by atoms with Gasteiger partial charge in [-0.1, -0.05) is 6.92 Å². The lowest BCUT2D eigenvalue weighted by Gasteiger charge is -2.19. The van der Waals surface area contributed by atoms with Gasteiger partial charge in [0.1, 0.15) is 6.04 Å². The minimum atomic E-state index is -0.890. The molecule has 0 saturated heterocycles. The van der Waals surface area contributed by atoms with Gasteiger partial charge >= 0.3 is 0 Å². The van der Waals surface area contributed by atoms with Crippen LogP contribution in [0.1, 0.15) is 59.8 Å². The van der Waals surface area contributed by atoms with E-state index in [2.05, 4.69) is 22.9 Å². The molecular formula is C31H61N3O12. The molecule has 0 spiro atoms. The van der Waals surface area contributed by atoms with Gasteiger partial charge in [-0.2, -0.15) is 0 Å². The van der Waals surface area contributed by atoms with Crippen molar-refractivity contribution in [1.29, 1.82) is 0 Å². The third kappa shape index (κ3) is 29.5. The third-order valence-corrected chi connectivity index (χ3v) is 6.03. The summed E-state index contributed by atoms with van der Waals surface area (Å²) < 4.78 is 48.4. The first-order chi connectivity index (χ1) is 22.3. The largest absolute Gasteiger partial charge is 0.382 e. The maximum atomic E-state index is 12.8. The molecule has 3 N–H and O–H groups in total. The Bertz CT molecular complexity index is 735. The summed E-state index contributed by atoms with van der Waals surface area (Å²) in [4.78, 5) is 37.7. The van der Waals surface area contributed by atoms with Gasteiger partial charge in [-0.25, -0.2) is 0 Å². The second-order valence-corrected chi connectivity index (χ2v) is 10.0. The summed E-state index contributed by atoms with van der Waals surface area (Å²) in [7, 11) is 1.56. The van der Waals surface area contributed by atoms with Crippen molar-refractivity contribution in [2.75, 3.05) is 106 Å². The Labute approximate surface area is 275 Å². The van der Waals surface area contributed by atoms with Crippen LogP contribution in [0.25, 0.3) is 0 Å². The minimum Gasteiger partial charge on any atom is -0.382 e. The van der Waals surface area contributed by atoms with E-state index in [1.165, 1.54) is 0 Å². The number of rotatable bonds is 34. The third-order valence-electron chi connectivity index (χ3n) is 6.03. The predicted molar refractivity (Wildman–Crippen MR) is 170 cm³/mol.